The molecule has 8 heteroatoms. The van der Waals surface area contributed by atoms with Crippen molar-refractivity contribution in [3.63, 3.8) is 0 Å². The molecule has 2 amide bonds. The van der Waals surface area contributed by atoms with Gasteiger partial charge in [0.1, 0.15) is 0 Å². The lowest BCUT2D eigenvalue weighted by atomic mass is 10.1. The van der Waals surface area contributed by atoms with Crippen LogP contribution >= 0.6 is 0 Å². The zero-order valence-corrected chi connectivity index (χ0v) is 24.5. The molecule has 0 aliphatic rings. The summed E-state index contributed by atoms with van der Waals surface area (Å²) in [5.41, 5.74) is 5.67. The standard InChI is InChI=1S/C34H40N6O2/c1-3-5-17-35-23-25-7-11-29(12-8-25)39-33(41)27-15-19-37-31(21-27)32-22-28(16-20-38-32)34(42)40-30-13-9-26(10-14-30)24-36-18-6-4-2/h7-16,19-22,35-36H,3-6,17-18,23-24H2,1-2H3,(H,39,41)(H,40,42). The van der Waals surface area contributed by atoms with E-state index < -0.39 is 0 Å². The van der Waals surface area contributed by atoms with Gasteiger partial charge in [0, 0.05) is 48.0 Å². The maximum atomic E-state index is 13.0. The monoisotopic (exact) mass is 564 g/mol. The Labute approximate surface area is 248 Å². The summed E-state index contributed by atoms with van der Waals surface area (Å²) in [5.74, 6) is -0.490. The van der Waals surface area contributed by atoms with E-state index in [9.17, 15) is 9.59 Å². The Morgan fingerprint density at radius 3 is 1.38 bits per heavy atom. The van der Waals surface area contributed by atoms with E-state index in [1.807, 2.05) is 48.5 Å². The summed E-state index contributed by atoms with van der Waals surface area (Å²) in [6.45, 7) is 7.93. The molecule has 4 aromatic rings. The van der Waals surface area contributed by atoms with Gasteiger partial charge >= 0.3 is 0 Å². The molecule has 4 rings (SSSR count). The van der Waals surface area contributed by atoms with Gasteiger partial charge in [-0.2, -0.15) is 0 Å². The van der Waals surface area contributed by atoms with E-state index in [1.165, 1.54) is 0 Å². The fourth-order valence-electron chi connectivity index (χ4n) is 4.31. The molecule has 42 heavy (non-hydrogen) atoms. The first-order valence-electron chi connectivity index (χ1n) is 14.7. The van der Waals surface area contributed by atoms with Crippen molar-refractivity contribution in [3.8, 4) is 11.4 Å². The van der Waals surface area contributed by atoms with Crippen LogP contribution in [0.25, 0.3) is 11.4 Å². The molecule has 0 bridgehead atoms. The van der Waals surface area contributed by atoms with Gasteiger partial charge in [0.15, 0.2) is 0 Å². The van der Waals surface area contributed by atoms with Gasteiger partial charge in [0.05, 0.1) is 11.4 Å². The van der Waals surface area contributed by atoms with Crippen molar-refractivity contribution in [2.75, 3.05) is 23.7 Å². The van der Waals surface area contributed by atoms with E-state index in [2.05, 4.69) is 45.1 Å². The van der Waals surface area contributed by atoms with Gasteiger partial charge in [-0.15, -0.1) is 0 Å². The van der Waals surface area contributed by atoms with Crippen LogP contribution < -0.4 is 21.3 Å². The number of hydrogen-bond donors (Lipinski definition) is 4. The fraction of sp³-hybridized carbons (Fsp3) is 0.294. The summed E-state index contributed by atoms with van der Waals surface area (Å²) in [4.78, 5) is 34.7. The molecule has 8 nitrogen and oxygen atoms in total. The topological polar surface area (TPSA) is 108 Å². The second kappa shape index (κ2) is 16.1. The van der Waals surface area contributed by atoms with Gasteiger partial charge in [-0.05, 0) is 85.6 Å². The van der Waals surface area contributed by atoms with Gasteiger partial charge in [-0.1, -0.05) is 51.0 Å². The molecule has 0 radical (unpaired) electrons. The summed E-state index contributed by atoms with van der Waals surface area (Å²) < 4.78 is 0. The summed E-state index contributed by atoms with van der Waals surface area (Å²) in [5, 5.41) is 12.7. The molecule has 0 aliphatic heterocycles. The van der Waals surface area contributed by atoms with Crippen molar-refractivity contribution in [3.05, 3.63) is 107 Å². The van der Waals surface area contributed by atoms with E-state index in [4.69, 9.17) is 0 Å². The normalized spacial score (nSPS) is 10.8. The Balaban J connectivity index is 1.35. The van der Waals surface area contributed by atoms with Gasteiger partial charge in [0.25, 0.3) is 11.8 Å². The van der Waals surface area contributed by atoms with E-state index in [0.717, 1.165) is 63.0 Å². The number of amides is 2. The molecule has 0 unspecified atom stereocenters. The number of carbonyl (C=O) groups is 2. The molecule has 218 valence electrons. The number of nitrogens with zero attached hydrogens (tertiary/aromatic N) is 2. The van der Waals surface area contributed by atoms with Crippen molar-refractivity contribution in [1.82, 2.24) is 20.6 Å². The third-order valence-corrected chi connectivity index (χ3v) is 6.80. The molecule has 2 aromatic carbocycles. The van der Waals surface area contributed by atoms with Crippen LogP contribution in [-0.4, -0.2) is 34.9 Å². The predicted molar refractivity (Wildman–Crippen MR) is 169 cm³/mol. The van der Waals surface area contributed by atoms with Crippen LogP contribution in [0.3, 0.4) is 0 Å². The number of unbranched alkanes of at least 4 members (excludes halogenated alkanes) is 2. The Kier molecular flexibility index (Phi) is 11.7. The van der Waals surface area contributed by atoms with Gasteiger partial charge in [0.2, 0.25) is 0 Å². The number of carbonyl (C=O) groups excluding carboxylic acids is 2. The average Bonchev–Trinajstić information content (AvgIpc) is 3.03. The zero-order chi connectivity index (χ0) is 29.6. The Bertz CT molecular complexity index is 1330. The molecule has 0 saturated heterocycles. The lowest BCUT2D eigenvalue weighted by molar-refractivity contribution is 0.101. The molecule has 0 aliphatic carbocycles. The summed E-state index contributed by atoms with van der Waals surface area (Å²) in [7, 11) is 0. The number of rotatable bonds is 15. The summed E-state index contributed by atoms with van der Waals surface area (Å²) >= 11 is 0. The maximum absolute atomic E-state index is 13.0. The predicted octanol–water partition coefficient (Wildman–Crippen LogP) is 6.43. The molecule has 2 aromatic heterocycles. The van der Waals surface area contributed by atoms with Crippen molar-refractivity contribution in [2.45, 2.75) is 52.6 Å². The maximum Gasteiger partial charge on any atom is 0.255 e. The number of pyridine rings is 2. The molecule has 2 heterocycles. The number of hydrogen-bond acceptors (Lipinski definition) is 6. The largest absolute Gasteiger partial charge is 0.322 e. The van der Waals surface area contributed by atoms with E-state index in [1.54, 1.807) is 36.7 Å². The van der Waals surface area contributed by atoms with Crippen molar-refractivity contribution in [2.24, 2.45) is 0 Å². The second-order valence-electron chi connectivity index (χ2n) is 10.2. The highest BCUT2D eigenvalue weighted by Crippen LogP contribution is 2.19. The number of benzene rings is 2. The molecule has 0 saturated carbocycles. The minimum atomic E-state index is -0.245. The second-order valence-corrected chi connectivity index (χ2v) is 10.2. The van der Waals surface area contributed by atoms with Crippen LogP contribution in [0.15, 0.2) is 85.2 Å². The van der Waals surface area contributed by atoms with Crippen molar-refractivity contribution < 1.29 is 9.59 Å². The third kappa shape index (κ3) is 9.33. The van der Waals surface area contributed by atoms with E-state index in [-0.39, 0.29) is 11.8 Å². The average molecular weight is 565 g/mol. The fourth-order valence-corrected chi connectivity index (χ4v) is 4.31. The minimum absolute atomic E-state index is 0.245. The first kappa shape index (κ1) is 30.6. The SMILES string of the molecule is CCCCNCc1ccc(NC(=O)c2ccnc(-c3cc(C(=O)Nc4ccc(CNCCCC)cc4)ccn3)c2)cc1. The molecular weight excluding hydrogens is 524 g/mol. The first-order chi connectivity index (χ1) is 20.6. The van der Waals surface area contributed by atoms with Gasteiger partial charge in [-0.25, -0.2) is 0 Å². The zero-order valence-electron chi connectivity index (χ0n) is 24.5. The Morgan fingerprint density at radius 1 is 0.595 bits per heavy atom. The lowest BCUT2D eigenvalue weighted by Crippen LogP contribution is -2.15. The highest BCUT2D eigenvalue weighted by Gasteiger charge is 2.13. The van der Waals surface area contributed by atoms with E-state index >= 15 is 0 Å². The molecule has 0 spiro atoms. The smallest absolute Gasteiger partial charge is 0.255 e. The Morgan fingerprint density at radius 2 is 1.00 bits per heavy atom. The van der Waals surface area contributed by atoms with Crippen LogP contribution in [0.4, 0.5) is 11.4 Å². The molecular formula is C34H40N6O2. The summed E-state index contributed by atoms with van der Waals surface area (Å²) in [6, 6.07) is 22.3. The highest BCUT2D eigenvalue weighted by molar-refractivity contribution is 6.05. The summed E-state index contributed by atoms with van der Waals surface area (Å²) in [6.07, 6.45) is 7.78. The van der Waals surface area contributed by atoms with Crippen LogP contribution in [0.2, 0.25) is 0 Å². The molecule has 0 fully saturated rings. The molecule has 0 atom stereocenters. The van der Waals surface area contributed by atoms with Gasteiger partial charge in [-0.3, -0.25) is 19.6 Å². The van der Waals surface area contributed by atoms with Crippen molar-refractivity contribution in [1.29, 1.82) is 0 Å². The highest BCUT2D eigenvalue weighted by atomic mass is 16.2. The van der Waals surface area contributed by atoms with Crippen molar-refractivity contribution >= 4 is 23.2 Å². The van der Waals surface area contributed by atoms with Crippen LogP contribution in [0.1, 0.15) is 71.4 Å². The number of anilines is 2. The lowest BCUT2D eigenvalue weighted by Gasteiger charge is -2.10. The number of nitrogens with one attached hydrogen (secondary N) is 4. The van der Waals surface area contributed by atoms with E-state index in [0.29, 0.717) is 33.9 Å². The van der Waals surface area contributed by atoms with Gasteiger partial charge < -0.3 is 21.3 Å². The first-order valence-corrected chi connectivity index (χ1v) is 14.7. The molecule has 4 N–H and O–H groups in total. The minimum Gasteiger partial charge on any atom is -0.322 e. The number of aromatic nitrogens is 2. The quantitative estimate of drug-likeness (QED) is 0.124. The third-order valence-electron chi connectivity index (χ3n) is 6.80. The van der Waals surface area contributed by atoms with Crippen LogP contribution in [0.5, 0.6) is 0 Å². The Hall–Kier alpha value is -4.40. The van der Waals surface area contributed by atoms with Crippen LogP contribution in [0, 0.1) is 0 Å². The van der Waals surface area contributed by atoms with Crippen LogP contribution in [-0.2, 0) is 13.1 Å².